The third-order valence-corrected chi connectivity index (χ3v) is 5.43. The van der Waals surface area contributed by atoms with Crippen molar-refractivity contribution in [1.29, 1.82) is 0 Å². The van der Waals surface area contributed by atoms with E-state index in [1.165, 1.54) is 0 Å². The van der Waals surface area contributed by atoms with Gasteiger partial charge in [-0.3, -0.25) is 0 Å². The number of aryl methyl sites for hydroxylation is 1. The molecule has 0 aromatic heterocycles. The third kappa shape index (κ3) is 3.31. The first-order valence-electron chi connectivity index (χ1n) is 6.87. The van der Waals surface area contributed by atoms with Crippen LogP contribution < -0.4 is 10.5 Å². The number of sulfonamides is 1. The van der Waals surface area contributed by atoms with Gasteiger partial charge in [0.05, 0.1) is 4.90 Å². The summed E-state index contributed by atoms with van der Waals surface area (Å²) in [4.78, 5) is 2.44. The van der Waals surface area contributed by atoms with Crippen LogP contribution in [0.5, 0.6) is 0 Å². The van der Waals surface area contributed by atoms with Gasteiger partial charge in [0.15, 0.2) is 0 Å². The number of piperidine rings is 1. The Labute approximate surface area is 121 Å². The van der Waals surface area contributed by atoms with Crippen LogP contribution in [0.3, 0.4) is 0 Å². The van der Waals surface area contributed by atoms with Gasteiger partial charge < -0.3 is 10.6 Å². The molecule has 0 saturated carbocycles. The molecule has 1 atom stereocenters. The van der Waals surface area contributed by atoms with Crippen LogP contribution in [0.15, 0.2) is 17.0 Å². The van der Waals surface area contributed by atoms with Crippen LogP contribution in [-0.4, -0.2) is 39.5 Å². The zero-order chi connectivity index (χ0) is 14.9. The summed E-state index contributed by atoms with van der Waals surface area (Å²) in [6.45, 7) is 5.37. The van der Waals surface area contributed by atoms with E-state index >= 15 is 0 Å². The molecule has 0 bridgehead atoms. The van der Waals surface area contributed by atoms with Gasteiger partial charge in [0.25, 0.3) is 0 Å². The molecule has 1 fully saturated rings. The standard InChI is InChI=1S/C14H23N3O2S/c1-10-7-13(15)11(2)14(8-10)20(18,19)16-12-5-4-6-17(3)9-12/h7-8,12,16H,4-6,9,15H2,1-3H3. The molecular weight excluding hydrogens is 274 g/mol. The summed E-state index contributed by atoms with van der Waals surface area (Å²) in [6.07, 6.45) is 1.89. The molecule has 5 nitrogen and oxygen atoms in total. The second-order valence-electron chi connectivity index (χ2n) is 5.70. The first-order valence-corrected chi connectivity index (χ1v) is 8.35. The molecule has 0 amide bonds. The zero-order valence-corrected chi connectivity index (χ0v) is 13.1. The third-order valence-electron chi connectivity index (χ3n) is 3.78. The van der Waals surface area contributed by atoms with Gasteiger partial charge in [0.2, 0.25) is 10.0 Å². The van der Waals surface area contributed by atoms with Gasteiger partial charge >= 0.3 is 0 Å². The Balaban J connectivity index is 2.26. The van der Waals surface area contributed by atoms with Crippen molar-refractivity contribution in [3.05, 3.63) is 23.3 Å². The normalized spacial score (nSPS) is 21.1. The molecule has 0 spiro atoms. The number of likely N-dealkylation sites (N-methyl/N-ethyl adjacent to an activating group) is 1. The lowest BCUT2D eigenvalue weighted by molar-refractivity contribution is 0.242. The lowest BCUT2D eigenvalue weighted by Gasteiger charge is -2.30. The molecule has 1 aromatic carbocycles. The average Bonchev–Trinajstić information content (AvgIpc) is 2.33. The quantitative estimate of drug-likeness (QED) is 0.824. The van der Waals surface area contributed by atoms with Crippen LogP contribution in [0.4, 0.5) is 5.69 Å². The van der Waals surface area contributed by atoms with E-state index in [2.05, 4.69) is 9.62 Å². The summed E-state index contributed by atoms with van der Waals surface area (Å²) in [7, 11) is -1.51. The van der Waals surface area contributed by atoms with E-state index in [-0.39, 0.29) is 6.04 Å². The Morgan fingerprint density at radius 3 is 2.70 bits per heavy atom. The summed E-state index contributed by atoms with van der Waals surface area (Å²) >= 11 is 0. The fourth-order valence-corrected chi connectivity index (χ4v) is 4.30. The molecule has 1 aromatic rings. The number of nitrogens with two attached hydrogens (primary N) is 1. The fourth-order valence-electron chi connectivity index (χ4n) is 2.68. The lowest BCUT2D eigenvalue weighted by atomic mass is 10.1. The molecule has 1 aliphatic rings. The molecule has 0 radical (unpaired) electrons. The predicted octanol–water partition coefficient (Wildman–Crippen LogP) is 1.26. The van der Waals surface area contributed by atoms with Crippen LogP contribution in [0.25, 0.3) is 0 Å². The van der Waals surface area contributed by atoms with E-state index in [1.54, 1.807) is 19.1 Å². The highest BCUT2D eigenvalue weighted by Crippen LogP contribution is 2.23. The smallest absolute Gasteiger partial charge is 0.241 e. The average molecular weight is 297 g/mol. The largest absolute Gasteiger partial charge is 0.398 e. The molecule has 0 aliphatic carbocycles. The molecule has 1 aliphatic heterocycles. The molecule has 6 heteroatoms. The number of benzene rings is 1. The minimum absolute atomic E-state index is 0.0279. The predicted molar refractivity (Wildman–Crippen MR) is 81.2 cm³/mol. The maximum atomic E-state index is 12.5. The van der Waals surface area contributed by atoms with E-state index in [4.69, 9.17) is 5.73 Å². The van der Waals surface area contributed by atoms with Gasteiger partial charge in [-0.15, -0.1) is 0 Å². The Bertz CT molecular complexity index is 599. The van der Waals surface area contributed by atoms with E-state index in [0.717, 1.165) is 31.5 Å². The highest BCUT2D eigenvalue weighted by atomic mass is 32.2. The first-order chi connectivity index (χ1) is 9.29. The number of rotatable bonds is 3. The van der Waals surface area contributed by atoms with Crippen LogP contribution >= 0.6 is 0 Å². The Morgan fingerprint density at radius 1 is 1.35 bits per heavy atom. The van der Waals surface area contributed by atoms with Gasteiger partial charge in [0.1, 0.15) is 0 Å². The maximum absolute atomic E-state index is 12.5. The van der Waals surface area contributed by atoms with Crippen molar-refractivity contribution in [3.8, 4) is 0 Å². The fraction of sp³-hybridized carbons (Fsp3) is 0.571. The van der Waals surface area contributed by atoms with Gasteiger partial charge in [-0.05, 0) is 63.5 Å². The molecule has 1 saturated heterocycles. The number of nitrogen functional groups attached to an aromatic ring is 1. The highest BCUT2D eigenvalue weighted by Gasteiger charge is 2.25. The number of nitrogens with zero attached hydrogens (tertiary/aromatic N) is 1. The van der Waals surface area contributed by atoms with E-state index < -0.39 is 10.0 Å². The Kier molecular flexibility index (Phi) is 4.36. The number of hydrogen-bond donors (Lipinski definition) is 2. The van der Waals surface area contributed by atoms with Crippen molar-refractivity contribution in [2.24, 2.45) is 0 Å². The molecule has 2 rings (SSSR count). The molecule has 1 heterocycles. The minimum atomic E-state index is -3.52. The van der Waals surface area contributed by atoms with Crippen molar-refractivity contribution in [1.82, 2.24) is 9.62 Å². The van der Waals surface area contributed by atoms with Gasteiger partial charge in [0, 0.05) is 18.3 Å². The molecule has 3 N–H and O–H groups in total. The number of nitrogens with one attached hydrogen (secondary N) is 1. The summed E-state index contributed by atoms with van der Waals surface area (Å²) in [5.74, 6) is 0. The molecule has 112 valence electrons. The van der Waals surface area contributed by atoms with Gasteiger partial charge in [-0.25, -0.2) is 13.1 Å². The molecule has 20 heavy (non-hydrogen) atoms. The number of hydrogen-bond acceptors (Lipinski definition) is 4. The zero-order valence-electron chi connectivity index (χ0n) is 12.3. The van der Waals surface area contributed by atoms with Crippen LogP contribution in [0, 0.1) is 13.8 Å². The number of likely N-dealkylation sites (tertiary alicyclic amines) is 1. The molecule has 1 unspecified atom stereocenters. The van der Waals surface area contributed by atoms with Gasteiger partial charge in [-0.2, -0.15) is 0 Å². The van der Waals surface area contributed by atoms with Crippen LogP contribution in [0.1, 0.15) is 24.0 Å². The second kappa shape index (κ2) is 5.71. The Hall–Kier alpha value is -1.11. The summed E-state index contributed by atoms with van der Waals surface area (Å²) in [6, 6.07) is 3.45. The van der Waals surface area contributed by atoms with Crippen molar-refractivity contribution in [3.63, 3.8) is 0 Å². The van der Waals surface area contributed by atoms with E-state index in [9.17, 15) is 8.42 Å². The SMILES string of the molecule is Cc1cc(N)c(C)c(S(=O)(=O)NC2CCCN(C)C2)c1. The maximum Gasteiger partial charge on any atom is 0.241 e. The minimum Gasteiger partial charge on any atom is -0.398 e. The summed E-state index contributed by atoms with van der Waals surface area (Å²) in [5, 5.41) is 0. The Morgan fingerprint density at radius 2 is 2.05 bits per heavy atom. The van der Waals surface area contributed by atoms with Gasteiger partial charge in [-0.1, -0.05) is 0 Å². The summed E-state index contributed by atoms with van der Waals surface area (Å²) in [5.41, 5.74) is 7.87. The van der Waals surface area contributed by atoms with E-state index in [0.29, 0.717) is 16.1 Å². The van der Waals surface area contributed by atoms with Crippen LogP contribution in [-0.2, 0) is 10.0 Å². The van der Waals surface area contributed by atoms with Crippen molar-refractivity contribution >= 4 is 15.7 Å². The topological polar surface area (TPSA) is 75.4 Å². The highest BCUT2D eigenvalue weighted by molar-refractivity contribution is 7.89. The van der Waals surface area contributed by atoms with Crippen molar-refractivity contribution < 1.29 is 8.42 Å². The van der Waals surface area contributed by atoms with Crippen molar-refractivity contribution in [2.75, 3.05) is 25.9 Å². The number of anilines is 1. The van der Waals surface area contributed by atoms with Crippen LogP contribution in [0.2, 0.25) is 0 Å². The molecular formula is C14H23N3O2S. The van der Waals surface area contributed by atoms with Crippen molar-refractivity contribution in [2.45, 2.75) is 37.6 Å². The first kappa shape index (κ1) is 15.3. The van der Waals surface area contributed by atoms with E-state index in [1.807, 2.05) is 14.0 Å². The second-order valence-corrected chi connectivity index (χ2v) is 7.38. The summed E-state index contributed by atoms with van der Waals surface area (Å²) < 4.78 is 27.9. The lowest BCUT2D eigenvalue weighted by Crippen LogP contribution is -2.46. The monoisotopic (exact) mass is 297 g/mol.